The molecule has 0 fully saturated rings. The topological polar surface area (TPSA) is 95.9 Å². The van der Waals surface area contributed by atoms with Crippen LogP contribution in [0.4, 0.5) is 0 Å². The van der Waals surface area contributed by atoms with Crippen molar-refractivity contribution in [3.63, 3.8) is 0 Å². The number of hydrogen-bond donors (Lipinski definition) is 4. The van der Waals surface area contributed by atoms with Gasteiger partial charge in [-0.3, -0.25) is 0 Å². The zero-order valence-corrected chi connectivity index (χ0v) is 7.18. The van der Waals surface area contributed by atoms with Crippen molar-refractivity contribution in [3.05, 3.63) is 0 Å². The van der Waals surface area contributed by atoms with E-state index < -0.39 is 18.3 Å². The van der Waals surface area contributed by atoms with Gasteiger partial charge in [0, 0.05) is 7.11 Å². The SMILES string of the molecule is COCC(O)C(O)C(O)CCN. The minimum atomic E-state index is -1.19. The monoisotopic (exact) mass is 179 g/mol. The summed E-state index contributed by atoms with van der Waals surface area (Å²) in [5.41, 5.74) is 5.16. The van der Waals surface area contributed by atoms with E-state index >= 15 is 0 Å². The lowest BCUT2D eigenvalue weighted by atomic mass is 10.1. The first kappa shape index (κ1) is 11.8. The van der Waals surface area contributed by atoms with Crippen molar-refractivity contribution in [1.29, 1.82) is 0 Å². The highest BCUT2D eigenvalue weighted by atomic mass is 16.5. The van der Waals surface area contributed by atoms with E-state index in [-0.39, 0.29) is 19.6 Å². The van der Waals surface area contributed by atoms with Crippen molar-refractivity contribution >= 4 is 0 Å². The zero-order valence-electron chi connectivity index (χ0n) is 7.18. The third-order valence-corrected chi connectivity index (χ3v) is 1.59. The molecule has 0 spiro atoms. The Kier molecular flexibility index (Phi) is 6.23. The molecule has 0 aromatic heterocycles. The number of aliphatic hydroxyl groups is 3. The molecule has 0 heterocycles. The number of hydrogen-bond acceptors (Lipinski definition) is 5. The summed E-state index contributed by atoms with van der Waals surface area (Å²) in [6.07, 6.45) is -2.97. The van der Waals surface area contributed by atoms with E-state index in [9.17, 15) is 5.11 Å². The molecule has 0 rings (SSSR count). The molecule has 0 aromatic rings. The Morgan fingerprint density at radius 2 is 1.83 bits per heavy atom. The van der Waals surface area contributed by atoms with Gasteiger partial charge in [-0.2, -0.15) is 0 Å². The third kappa shape index (κ3) is 3.99. The lowest BCUT2D eigenvalue weighted by Gasteiger charge is -2.21. The molecule has 0 aromatic carbocycles. The minimum Gasteiger partial charge on any atom is -0.390 e. The van der Waals surface area contributed by atoms with Crippen LogP contribution in [0, 0.1) is 0 Å². The third-order valence-electron chi connectivity index (χ3n) is 1.59. The first-order valence-corrected chi connectivity index (χ1v) is 3.86. The number of rotatable bonds is 6. The Balaban J connectivity index is 3.73. The molecule has 5 N–H and O–H groups in total. The number of methoxy groups -OCH3 is 1. The van der Waals surface area contributed by atoms with E-state index in [1.807, 2.05) is 0 Å². The first-order valence-electron chi connectivity index (χ1n) is 3.86. The second-order valence-electron chi connectivity index (χ2n) is 2.66. The van der Waals surface area contributed by atoms with E-state index in [0.29, 0.717) is 0 Å². The molecule has 74 valence electrons. The van der Waals surface area contributed by atoms with Crippen molar-refractivity contribution in [2.24, 2.45) is 5.73 Å². The Hall–Kier alpha value is -0.200. The molecular formula is C7H17NO4. The predicted molar refractivity (Wildman–Crippen MR) is 43.6 cm³/mol. The summed E-state index contributed by atoms with van der Waals surface area (Å²) >= 11 is 0. The molecule has 0 aliphatic heterocycles. The van der Waals surface area contributed by atoms with Crippen LogP contribution in [0.2, 0.25) is 0 Å². The van der Waals surface area contributed by atoms with E-state index in [1.54, 1.807) is 0 Å². The molecule has 0 bridgehead atoms. The van der Waals surface area contributed by atoms with Crippen LogP contribution in [0.1, 0.15) is 6.42 Å². The lowest BCUT2D eigenvalue weighted by molar-refractivity contribution is -0.0831. The van der Waals surface area contributed by atoms with Crippen LogP contribution in [-0.4, -0.2) is 53.9 Å². The van der Waals surface area contributed by atoms with Gasteiger partial charge in [0.2, 0.25) is 0 Å². The summed E-state index contributed by atoms with van der Waals surface area (Å²) in [4.78, 5) is 0. The molecular weight excluding hydrogens is 162 g/mol. The van der Waals surface area contributed by atoms with Crippen LogP contribution in [-0.2, 0) is 4.74 Å². The molecule has 0 radical (unpaired) electrons. The maximum absolute atomic E-state index is 9.21. The molecule has 5 nitrogen and oxygen atoms in total. The Morgan fingerprint density at radius 1 is 1.25 bits per heavy atom. The normalized spacial score (nSPS) is 18.8. The molecule has 0 amide bonds. The summed E-state index contributed by atoms with van der Waals surface area (Å²) < 4.78 is 4.60. The van der Waals surface area contributed by atoms with Gasteiger partial charge in [0.25, 0.3) is 0 Å². The molecule has 0 aliphatic rings. The summed E-state index contributed by atoms with van der Waals surface area (Å²) in [6.45, 7) is 0.278. The molecule has 0 saturated heterocycles. The fraction of sp³-hybridized carbons (Fsp3) is 1.00. The Labute approximate surface area is 71.8 Å². The molecule has 0 aliphatic carbocycles. The Bertz CT molecular complexity index is 99.6. The van der Waals surface area contributed by atoms with Crippen LogP contribution < -0.4 is 5.73 Å². The Morgan fingerprint density at radius 3 is 2.25 bits per heavy atom. The van der Waals surface area contributed by atoms with Crippen LogP contribution in [0.15, 0.2) is 0 Å². The maximum Gasteiger partial charge on any atom is 0.108 e. The molecule has 12 heavy (non-hydrogen) atoms. The molecule has 3 unspecified atom stereocenters. The van der Waals surface area contributed by atoms with Gasteiger partial charge in [0.1, 0.15) is 12.2 Å². The zero-order chi connectivity index (χ0) is 9.56. The van der Waals surface area contributed by atoms with Gasteiger partial charge in [-0.1, -0.05) is 0 Å². The average Bonchev–Trinajstić information content (AvgIpc) is 2.04. The largest absolute Gasteiger partial charge is 0.390 e. The standard InChI is InChI=1S/C7H17NO4/c1-12-4-6(10)7(11)5(9)2-3-8/h5-7,9-11H,2-4,8H2,1H3. The van der Waals surface area contributed by atoms with Gasteiger partial charge >= 0.3 is 0 Å². The van der Waals surface area contributed by atoms with Gasteiger partial charge in [-0.05, 0) is 13.0 Å². The summed E-state index contributed by atoms with van der Waals surface area (Å²) in [5, 5.41) is 27.5. The fourth-order valence-electron chi connectivity index (χ4n) is 0.867. The van der Waals surface area contributed by atoms with Gasteiger partial charge in [0.15, 0.2) is 0 Å². The summed E-state index contributed by atoms with van der Waals surface area (Å²) in [5.74, 6) is 0. The molecule has 0 saturated carbocycles. The quantitative estimate of drug-likeness (QED) is 0.380. The van der Waals surface area contributed by atoms with Crippen LogP contribution >= 0.6 is 0 Å². The highest BCUT2D eigenvalue weighted by Gasteiger charge is 2.23. The molecule has 3 atom stereocenters. The smallest absolute Gasteiger partial charge is 0.108 e. The van der Waals surface area contributed by atoms with E-state index in [4.69, 9.17) is 15.9 Å². The number of aliphatic hydroxyl groups excluding tert-OH is 3. The van der Waals surface area contributed by atoms with E-state index in [2.05, 4.69) is 4.74 Å². The fourth-order valence-corrected chi connectivity index (χ4v) is 0.867. The summed E-state index contributed by atoms with van der Waals surface area (Å²) in [6, 6.07) is 0. The van der Waals surface area contributed by atoms with Crippen LogP contribution in [0.25, 0.3) is 0 Å². The van der Waals surface area contributed by atoms with E-state index in [1.165, 1.54) is 7.11 Å². The van der Waals surface area contributed by atoms with Crippen molar-refractivity contribution in [3.8, 4) is 0 Å². The van der Waals surface area contributed by atoms with E-state index in [0.717, 1.165) is 0 Å². The minimum absolute atomic E-state index is 0.00278. The van der Waals surface area contributed by atoms with Gasteiger partial charge in [-0.25, -0.2) is 0 Å². The van der Waals surface area contributed by atoms with Crippen molar-refractivity contribution in [2.75, 3.05) is 20.3 Å². The highest BCUT2D eigenvalue weighted by molar-refractivity contribution is 4.74. The van der Waals surface area contributed by atoms with Gasteiger partial charge in [-0.15, -0.1) is 0 Å². The second-order valence-corrected chi connectivity index (χ2v) is 2.66. The summed E-state index contributed by atoms with van der Waals surface area (Å²) in [7, 11) is 1.41. The highest BCUT2D eigenvalue weighted by Crippen LogP contribution is 2.03. The van der Waals surface area contributed by atoms with Crippen molar-refractivity contribution < 1.29 is 20.1 Å². The number of nitrogens with two attached hydrogens (primary N) is 1. The average molecular weight is 179 g/mol. The van der Waals surface area contributed by atoms with Gasteiger partial charge in [0.05, 0.1) is 12.7 Å². The lowest BCUT2D eigenvalue weighted by Crippen LogP contribution is -2.40. The first-order chi connectivity index (χ1) is 5.63. The number of ether oxygens (including phenoxy) is 1. The van der Waals surface area contributed by atoms with Crippen LogP contribution in [0.5, 0.6) is 0 Å². The second kappa shape index (κ2) is 6.33. The predicted octanol–water partition coefficient (Wildman–Crippen LogP) is -1.94. The van der Waals surface area contributed by atoms with Crippen molar-refractivity contribution in [1.82, 2.24) is 0 Å². The van der Waals surface area contributed by atoms with Gasteiger partial charge < -0.3 is 25.8 Å². The maximum atomic E-state index is 9.21. The molecule has 5 heteroatoms. The van der Waals surface area contributed by atoms with Crippen LogP contribution in [0.3, 0.4) is 0 Å². The van der Waals surface area contributed by atoms with Crippen molar-refractivity contribution in [2.45, 2.75) is 24.7 Å².